The van der Waals surface area contributed by atoms with Gasteiger partial charge in [-0.1, -0.05) is 0 Å². The van der Waals surface area contributed by atoms with E-state index in [1.54, 1.807) is 10.7 Å². The number of methoxy groups -OCH3 is 1. The molecule has 6 heteroatoms. The van der Waals surface area contributed by atoms with Gasteiger partial charge in [0.05, 0.1) is 19.3 Å². The van der Waals surface area contributed by atoms with Crippen molar-refractivity contribution in [3.63, 3.8) is 0 Å². The molecular weight excluding hydrogens is 206 g/mol. The van der Waals surface area contributed by atoms with Crippen LogP contribution in [0.5, 0.6) is 0 Å². The number of nitrogens with two attached hydrogens (primary N) is 1. The maximum Gasteiger partial charge on any atom is 0.356 e. The molecule has 0 atom stereocenters. The SMILES string of the molecule is COC(=O)c1cc(C)nn1CCN.Cl. The van der Waals surface area contributed by atoms with E-state index in [1.165, 1.54) is 7.11 Å². The second-order valence-electron chi connectivity index (χ2n) is 2.67. The summed E-state index contributed by atoms with van der Waals surface area (Å²) in [6.45, 7) is 2.79. The molecule has 0 aliphatic rings. The molecule has 0 saturated heterocycles. The van der Waals surface area contributed by atoms with Crippen LogP contribution in [0.25, 0.3) is 0 Å². The Morgan fingerprint density at radius 2 is 2.36 bits per heavy atom. The summed E-state index contributed by atoms with van der Waals surface area (Å²) in [7, 11) is 1.34. The van der Waals surface area contributed by atoms with E-state index in [0.29, 0.717) is 18.8 Å². The highest BCUT2D eigenvalue weighted by atomic mass is 35.5. The van der Waals surface area contributed by atoms with Gasteiger partial charge in [-0.25, -0.2) is 4.79 Å². The number of hydrogen-bond donors (Lipinski definition) is 1. The number of rotatable bonds is 3. The third-order valence-electron chi connectivity index (χ3n) is 1.64. The van der Waals surface area contributed by atoms with Gasteiger partial charge in [0, 0.05) is 6.54 Å². The maximum atomic E-state index is 11.2. The second-order valence-corrected chi connectivity index (χ2v) is 2.67. The normalized spacial score (nSPS) is 9.36. The number of aryl methyl sites for hydroxylation is 1. The van der Waals surface area contributed by atoms with Crippen LogP contribution in [0.15, 0.2) is 6.07 Å². The fraction of sp³-hybridized carbons (Fsp3) is 0.500. The minimum absolute atomic E-state index is 0. The number of carbonyl (C=O) groups is 1. The Morgan fingerprint density at radius 3 is 2.86 bits per heavy atom. The van der Waals surface area contributed by atoms with Crippen molar-refractivity contribution in [3.05, 3.63) is 17.5 Å². The van der Waals surface area contributed by atoms with E-state index in [9.17, 15) is 4.79 Å². The number of aromatic nitrogens is 2. The quantitative estimate of drug-likeness (QED) is 0.746. The van der Waals surface area contributed by atoms with Crippen LogP contribution in [0.2, 0.25) is 0 Å². The van der Waals surface area contributed by atoms with Crippen molar-refractivity contribution in [1.29, 1.82) is 0 Å². The van der Waals surface area contributed by atoms with E-state index in [4.69, 9.17) is 5.73 Å². The molecule has 0 amide bonds. The summed E-state index contributed by atoms with van der Waals surface area (Å²) in [4.78, 5) is 11.2. The van der Waals surface area contributed by atoms with E-state index in [2.05, 4.69) is 9.84 Å². The zero-order valence-electron chi connectivity index (χ0n) is 8.19. The summed E-state index contributed by atoms with van der Waals surface area (Å²) in [6.07, 6.45) is 0. The molecule has 0 radical (unpaired) electrons. The molecule has 0 aliphatic carbocycles. The first kappa shape index (κ1) is 12.9. The van der Waals surface area contributed by atoms with Gasteiger partial charge < -0.3 is 10.5 Å². The molecule has 0 saturated carbocycles. The second kappa shape index (κ2) is 5.62. The number of carbonyl (C=O) groups excluding carboxylic acids is 1. The third-order valence-corrected chi connectivity index (χ3v) is 1.64. The molecule has 1 heterocycles. The van der Waals surface area contributed by atoms with Crippen molar-refractivity contribution in [2.24, 2.45) is 5.73 Å². The Bertz CT molecular complexity index is 312. The topological polar surface area (TPSA) is 70.1 Å². The van der Waals surface area contributed by atoms with Crippen molar-refractivity contribution in [1.82, 2.24) is 9.78 Å². The van der Waals surface area contributed by atoms with Crippen LogP contribution in [0.3, 0.4) is 0 Å². The number of nitrogens with zero attached hydrogens (tertiary/aromatic N) is 2. The highest BCUT2D eigenvalue weighted by molar-refractivity contribution is 5.87. The average Bonchev–Trinajstić information content (AvgIpc) is 2.46. The van der Waals surface area contributed by atoms with E-state index in [1.807, 2.05) is 6.92 Å². The smallest absolute Gasteiger partial charge is 0.356 e. The fourth-order valence-corrected chi connectivity index (χ4v) is 1.11. The lowest BCUT2D eigenvalue weighted by Crippen LogP contribution is -2.17. The van der Waals surface area contributed by atoms with Crippen molar-refractivity contribution < 1.29 is 9.53 Å². The van der Waals surface area contributed by atoms with E-state index in [-0.39, 0.29) is 18.4 Å². The number of halogens is 1. The molecular formula is C8H14ClN3O2. The Hall–Kier alpha value is -1.07. The lowest BCUT2D eigenvalue weighted by atomic mass is 10.4. The van der Waals surface area contributed by atoms with Crippen LogP contribution in [0, 0.1) is 6.92 Å². The first-order valence-corrected chi connectivity index (χ1v) is 4.02. The molecule has 0 bridgehead atoms. The Labute approximate surface area is 88.6 Å². The summed E-state index contributed by atoms with van der Waals surface area (Å²) in [5, 5.41) is 4.11. The first-order chi connectivity index (χ1) is 6.19. The largest absolute Gasteiger partial charge is 0.464 e. The van der Waals surface area contributed by atoms with Gasteiger partial charge in [0.25, 0.3) is 0 Å². The Morgan fingerprint density at radius 1 is 1.71 bits per heavy atom. The Balaban J connectivity index is 0.00000169. The lowest BCUT2D eigenvalue weighted by Gasteiger charge is -2.02. The van der Waals surface area contributed by atoms with Gasteiger partial charge in [0.15, 0.2) is 0 Å². The van der Waals surface area contributed by atoms with Crippen LogP contribution in [0.1, 0.15) is 16.2 Å². The number of ether oxygens (including phenoxy) is 1. The van der Waals surface area contributed by atoms with E-state index in [0.717, 1.165) is 5.69 Å². The van der Waals surface area contributed by atoms with Crippen LogP contribution in [-0.4, -0.2) is 29.4 Å². The van der Waals surface area contributed by atoms with Gasteiger partial charge >= 0.3 is 5.97 Å². The van der Waals surface area contributed by atoms with Gasteiger partial charge in [-0.15, -0.1) is 12.4 Å². The minimum Gasteiger partial charge on any atom is -0.464 e. The molecule has 0 fully saturated rings. The predicted octanol–water partition coefficient (Wildman–Crippen LogP) is 0.359. The van der Waals surface area contributed by atoms with E-state index < -0.39 is 0 Å². The zero-order chi connectivity index (χ0) is 9.84. The van der Waals surface area contributed by atoms with Gasteiger partial charge in [-0.05, 0) is 13.0 Å². The minimum atomic E-state index is -0.381. The maximum absolute atomic E-state index is 11.2. The molecule has 1 aromatic rings. The Kier molecular flexibility index (Phi) is 5.19. The van der Waals surface area contributed by atoms with Gasteiger partial charge in [-0.2, -0.15) is 5.10 Å². The van der Waals surface area contributed by atoms with Crippen LogP contribution >= 0.6 is 12.4 Å². The van der Waals surface area contributed by atoms with E-state index >= 15 is 0 Å². The molecule has 80 valence electrons. The molecule has 0 spiro atoms. The number of hydrogen-bond acceptors (Lipinski definition) is 4. The van der Waals surface area contributed by atoms with Crippen molar-refractivity contribution in [3.8, 4) is 0 Å². The van der Waals surface area contributed by atoms with Crippen LogP contribution < -0.4 is 5.73 Å². The number of esters is 1. The van der Waals surface area contributed by atoms with Crippen LogP contribution in [-0.2, 0) is 11.3 Å². The molecule has 0 unspecified atom stereocenters. The third kappa shape index (κ3) is 2.71. The monoisotopic (exact) mass is 219 g/mol. The van der Waals surface area contributed by atoms with Crippen molar-refractivity contribution in [2.75, 3.05) is 13.7 Å². The summed E-state index contributed by atoms with van der Waals surface area (Å²) in [5.41, 5.74) is 6.60. The standard InChI is InChI=1S/C8H13N3O2.ClH/c1-6-5-7(8(12)13-2)11(10-6)4-3-9;/h5H,3-4,9H2,1-2H3;1H. The first-order valence-electron chi connectivity index (χ1n) is 4.02. The van der Waals surface area contributed by atoms with Gasteiger partial charge in [0.2, 0.25) is 0 Å². The molecule has 14 heavy (non-hydrogen) atoms. The van der Waals surface area contributed by atoms with Gasteiger partial charge in [-0.3, -0.25) is 4.68 Å². The zero-order valence-corrected chi connectivity index (χ0v) is 9.00. The highest BCUT2D eigenvalue weighted by Crippen LogP contribution is 2.04. The summed E-state index contributed by atoms with van der Waals surface area (Å²) in [6, 6.07) is 1.68. The highest BCUT2D eigenvalue weighted by Gasteiger charge is 2.12. The summed E-state index contributed by atoms with van der Waals surface area (Å²) >= 11 is 0. The predicted molar refractivity (Wildman–Crippen MR) is 54.6 cm³/mol. The molecule has 5 nitrogen and oxygen atoms in total. The lowest BCUT2D eigenvalue weighted by molar-refractivity contribution is 0.0586. The van der Waals surface area contributed by atoms with Gasteiger partial charge in [0.1, 0.15) is 5.69 Å². The van der Waals surface area contributed by atoms with Crippen molar-refractivity contribution in [2.45, 2.75) is 13.5 Å². The molecule has 0 aliphatic heterocycles. The van der Waals surface area contributed by atoms with Crippen molar-refractivity contribution >= 4 is 18.4 Å². The molecule has 2 N–H and O–H groups in total. The average molecular weight is 220 g/mol. The summed E-state index contributed by atoms with van der Waals surface area (Å²) < 4.78 is 6.15. The molecule has 1 aromatic heterocycles. The van der Waals surface area contributed by atoms with Crippen LogP contribution in [0.4, 0.5) is 0 Å². The molecule has 1 rings (SSSR count). The fourth-order valence-electron chi connectivity index (χ4n) is 1.11. The molecule has 0 aromatic carbocycles. The summed E-state index contributed by atoms with van der Waals surface area (Å²) in [5.74, 6) is -0.381.